The van der Waals surface area contributed by atoms with Crippen LogP contribution in [-0.2, 0) is 10.1 Å². The monoisotopic (exact) mass is 384 g/mol. The predicted molar refractivity (Wildman–Crippen MR) is 63.8 cm³/mol. The molecule has 0 aromatic carbocycles. The quantitative estimate of drug-likeness (QED) is 0.213. The Kier molecular flexibility index (Phi) is 13.3. The molecule has 23 heavy (non-hydrogen) atoms. The molecule has 0 radical (unpaired) electrons. The average molecular weight is 384 g/mol. The second-order valence-electron chi connectivity index (χ2n) is 4.72. The molecule has 0 N–H and O–H groups in total. The Morgan fingerprint density at radius 2 is 1.22 bits per heavy atom. The summed E-state index contributed by atoms with van der Waals surface area (Å²) in [5.41, 5.74) is 0. The first-order chi connectivity index (χ1) is 10.0. The van der Waals surface area contributed by atoms with Crippen LogP contribution in [0.4, 0.5) is 30.7 Å². The Hall–Kier alpha value is 0.420. The summed E-state index contributed by atoms with van der Waals surface area (Å²) in [6.45, 7) is -0.811. The summed E-state index contributed by atoms with van der Waals surface area (Å²) in [5.74, 6) is -1.95. The summed E-state index contributed by atoms with van der Waals surface area (Å²) in [5, 5.41) is 0. The summed E-state index contributed by atoms with van der Waals surface area (Å²) in [4.78, 5) is 0. The molecule has 0 aliphatic rings. The van der Waals surface area contributed by atoms with Crippen molar-refractivity contribution in [2.75, 3.05) is 12.4 Å². The minimum atomic E-state index is -5.24. The summed E-state index contributed by atoms with van der Waals surface area (Å²) < 4.78 is 121. The van der Waals surface area contributed by atoms with Gasteiger partial charge in [-0.15, -0.1) is 0 Å². The summed E-state index contributed by atoms with van der Waals surface area (Å²) in [6.07, 6.45) is -20.1. The van der Waals surface area contributed by atoms with Crippen molar-refractivity contribution < 1.29 is 73.3 Å². The fraction of sp³-hybridized carbons (Fsp3) is 1.00. The van der Waals surface area contributed by atoms with E-state index in [1.165, 1.54) is 0 Å². The van der Waals surface area contributed by atoms with Gasteiger partial charge in [-0.2, -0.15) is 0 Å². The van der Waals surface area contributed by atoms with E-state index < -0.39 is 66.0 Å². The van der Waals surface area contributed by atoms with E-state index in [1.54, 1.807) is 0 Å². The molecule has 0 bridgehead atoms. The van der Waals surface area contributed by atoms with Gasteiger partial charge in [-0.1, -0.05) is 0 Å². The van der Waals surface area contributed by atoms with Crippen molar-refractivity contribution in [2.24, 2.45) is 0 Å². The van der Waals surface area contributed by atoms with Gasteiger partial charge in [-0.05, 0) is 19.3 Å². The third-order valence-corrected chi connectivity index (χ3v) is 3.56. The van der Waals surface area contributed by atoms with Gasteiger partial charge in [0.25, 0.3) is 0 Å². The van der Waals surface area contributed by atoms with Crippen molar-refractivity contribution in [1.82, 2.24) is 0 Å². The molecule has 0 aliphatic carbocycles. The molecule has 0 spiro atoms. The van der Waals surface area contributed by atoms with Crippen LogP contribution in [0.15, 0.2) is 0 Å². The third-order valence-electron chi connectivity index (χ3n) is 2.83. The molecule has 0 aromatic heterocycles. The number of hydrogen-bond acceptors (Lipinski definition) is 3. The van der Waals surface area contributed by atoms with Gasteiger partial charge in [0.05, 0.1) is 22.5 Å². The molecule has 134 valence electrons. The van der Waals surface area contributed by atoms with Gasteiger partial charge in [0, 0.05) is 0 Å². The van der Waals surface area contributed by atoms with Crippen molar-refractivity contribution in [3.63, 3.8) is 0 Å². The van der Waals surface area contributed by atoms with E-state index in [0.29, 0.717) is 0 Å². The Morgan fingerprint density at radius 3 is 1.61 bits per heavy atom. The molecule has 0 fully saturated rings. The molecule has 12 heteroatoms. The van der Waals surface area contributed by atoms with Gasteiger partial charge >= 0.3 is 29.6 Å². The number of halogens is 7. The fourth-order valence-electron chi connectivity index (χ4n) is 1.63. The van der Waals surface area contributed by atoms with E-state index in [0.717, 1.165) is 0 Å². The largest absolute Gasteiger partial charge is 1.00 e. The topological polar surface area (TPSA) is 57.2 Å². The molecular formula is C11H16F7NaO3S. The molecule has 0 aromatic rings. The summed E-state index contributed by atoms with van der Waals surface area (Å²) in [7, 11) is -5.24. The van der Waals surface area contributed by atoms with Crippen LogP contribution in [0.5, 0.6) is 0 Å². The van der Waals surface area contributed by atoms with Crippen LogP contribution in [0.25, 0.3) is 0 Å². The Morgan fingerprint density at radius 1 is 0.783 bits per heavy atom. The third kappa shape index (κ3) is 10.1. The Bertz CT molecular complexity index is 414. The first-order valence-electron chi connectivity index (χ1n) is 6.35. The van der Waals surface area contributed by atoms with Crippen LogP contribution in [0, 0.1) is 0 Å². The number of alkyl halides is 7. The second kappa shape index (κ2) is 11.9. The molecular weight excluding hydrogens is 368 g/mol. The van der Waals surface area contributed by atoms with Crippen molar-refractivity contribution in [3.8, 4) is 0 Å². The van der Waals surface area contributed by atoms with Crippen LogP contribution >= 0.6 is 0 Å². The molecule has 3 nitrogen and oxygen atoms in total. The van der Waals surface area contributed by atoms with Crippen molar-refractivity contribution in [3.05, 3.63) is 0 Å². The molecule has 0 saturated heterocycles. The Balaban J connectivity index is 0. The molecule has 0 rings (SSSR count). The van der Waals surface area contributed by atoms with Gasteiger partial charge < -0.3 is 4.55 Å². The van der Waals surface area contributed by atoms with Crippen LogP contribution in [-0.4, -0.2) is 62.4 Å². The standard InChI is InChI=1S/C11H17F7O3S.Na/c12-4-2-1-3-6(13)8(15)10(17)11(18)9(16)7(14)5-22(19,20)21;/h6-11H,1-5H2,(H,19,20,21);/q;+1/p-1. The predicted octanol–water partition coefficient (Wildman–Crippen LogP) is -0.296. The maximum atomic E-state index is 13.3. The van der Waals surface area contributed by atoms with E-state index in [1.807, 2.05) is 0 Å². The fourth-order valence-corrected chi connectivity index (χ4v) is 2.20. The van der Waals surface area contributed by atoms with Crippen molar-refractivity contribution in [1.29, 1.82) is 0 Å². The molecule has 0 saturated carbocycles. The van der Waals surface area contributed by atoms with Crippen LogP contribution < -0.4 is 29.6 Å². The number of unbranched alkanes of at least 4 members (excludes halogenated alkanes) is 1. The molecule has 0 amide bonds. The molecule has 6 unspecified atom stereocenters. The Labute approximate surface area is 152 Å². The van der Waals surface area contributed by atoms with Gasteiger partial charge in [0.15, 0.2) is 24.7 Å². The van der Waals surface area contributed by atoms with E-state index in [4.69, 9.17) is 0 Å². The van der Waals surface area contributed by atoms with Crippen LogP contribution in [0.3, 0.4) is 0 Å². The van der Waals surface area contributed by atoms with Gasteiger partial charge in [-0.3, -0.25) is 4.39 Å². The number of hydrogen-bond donors (Lipinski definition) is 0. The van der Waals surface area contributed by atoms with Crippen molar-refractivity contribution >= 4 is 10.1 Å². The van der Waals surface area contributed by atoms with Crippen molar-refractivity contribution in [2.45, 2.75) is 56.3 Å². The minimum Gasteiger partial charge on any atom is -0.748 e. The first kappa shape index (κ1) is 25.7. The van der Waals surface area contributed by atoms with E-state index in [9.17, 15) is 43.7 Å². The van der Waals surface area contributed by atoms with Crippen LogP contribution in [0.1, 0.15) is 19.3 Å². The SMILES string of the molecule is O=S(=O)([O-])CC(F)C(F)C(F)C(F)C(F)C(F)CCCCF.[Na+]. The normalized spacial score (nSPS) is 20.0. The van der Waals surface area contributed by atoms with E-state index in [2.05, 4.69) is 0 Å². The van der Waals surface area contributed by atoms with E-state index >= 15 is 0 Å². The van der Waals surface area contributed by atoms with Gasteiger partial charge in [0.1, 0.15) is 12.3 Å². The van der Waals surface area contributed by atoms with Gasteiger partial charge in [-0.25, -0.2) is 34.8 Å². The summed E-state index contributed by atoms with van der Waals surface area (Å²) in [6, 6.07) is 0. The zero-order valence-electron chi connectivity index (χ0n) is 12.3. The molecule has 0 heterocycles. The smallest absolute Gasteiger partial charge is 0.748 e. The zero-order valence-corrected chi connectivity index (χ0v) is 15.1. The minimum absolute atomic E-state index is 0. The number of rotatable bonds is 11. The zero-order chi connectivity index (χ0) is 17.5. The first-order valence-corrected chi connectivity index (χ1v) is 7.93. The van der Waals surface area contributed by atoms with E-state index in [-0.39, 0.29) is 42.4 Å². The molecule has 6 atom stereocenters. The average Bonchev–Trinajstić information content (AvgIpc) is 2.42. The second-order valence-corrected chi connectivity index (χ2v) is 6.17. The molecule has 0 aliphatic heterocycles. The maximum Gasteiger partial charge on any atom is 1.00 e. The maximum absolute atomic E-state index is 13.3. The van der Waals surface area contributed by atoms with Crippen LogP contribution in [0.2, 0.25) is 0 Å². The van der Waals surface area contributed by atoms with Gasteiger partial charge in [0.2, 0.25) is 0 Å². The summed E-state index contributed by atoms with van der Waals surface area (Å²) >= 11 is 0.